The SMILES string of the molecule is CCCC(=O)Oc1cnc2scnn12. The van der Waals surface area contributed by atoms with Gasteiger partial charge in [0.25, 0.3) is 0 Å². The molecule has 0 unspecified atom stereocenters. The standard InChI is InChI=1S/C8H9N3O2S/c1-2-3-7(12)13-6-4-9-8-11(6)10-5-14-8/h4-5H,2-3H2,1H3. The molecule has 0 radical (unpaired) electrons. The molecule has 0 N–H and O–H groups in total. The third-order valence-corrected chi connectivity index (χ3v) is 2.36. The van der Waals surface area contributed by atoms with Gasteiger partial charge in [0.1, 0.15) is 5.51 Å². The Morgan fingerprint density at radius 3 is 3.36 bits per heavy atom. The van der Waals surface area contributed by atoms with Crippen LogP contribution in [0.25, 0.3) is 4.96 Å². The van der Waals surface area contributed by atoms with Crippen molar-refractivity contribution >= 4 is 22.3 Å². The fourth-order valence-electron chi connectivity index (χ4n) is 1.06. The summed E-state index contributed by atoms with van der Waals surface area (Å²) in [6.07, 6.45) is 2.70. The molecule has 2 heterocycles. The molecule has 0 aliphatic heterocycles. The molecule has 0 amide bonds. The maximum Gasteiger partial charge on any atom is 0.312 e. The van der Waals surface area contributed by atoms with Crippen LogP contribution in [-0.2, 0) is 4.79 Å². The Hall–Kier alpha value is -1.43. The molecule has 5 nitrogen and oxygen atoms in total. The van der Waals surface area contributed by atoms with Crippen molar-refractivity contribution in [1.29, 1.82) is 0 Å². The molecular weight excluding hydrogens is 202 g/mol. The fraction of sp³-hybridized carbons (Fsp3) is 0.375. The van der Waals surface area contributed by atoms with Gasteiger partial charge in [0.2, 0.25) is 10.8 Å². The van der Waals surface area contributed by atoms with Crippen LogP contribution in [0.4, 0.5) is 0 Å². The molecule has 2 aromatic heterocycles. The van der Waals surface area contributed by atoms with Crippen LogP contribution in [0, 0.1) is 0 Å². The van der Waals surface area contributed by atoms with E-state index in [1.165, 1.54) is 22.0 Å². The molecule has 0 saturated heterocycles. The first kappa shape index (κ1) is 9.14. The monoisotopic (exact) mass is 211 g/mol. The summed E-state index contributed by atoms with van der Waals surface area (Å²) in [5.41, 5.74) is 1.65. The number of hydrogen-bond donors (Lipinski definition) is 0. The summed E-state index contributed by atoms with van der Waals surface area (Å²) in [6, 6.07) is 0. The lowest BCUT2D eigenvalue weighted by atomic mass is 10.3. The second-order valence-corrected chi connectivity index (χ2v) is 3.57. The summed E-state index contributed by atoms with van der Waals surface area (Å²) in [5.74, 6) is 0.141. The topological polar surface area (TPSA) is 56.5 Å². The smallest absolute Gasteiger partial charge is 0.312 e. The number of carbonyl (C=O) groups excluding carboxylic acids is 1. The Labute approximate surface area is 84.3 Å². The first-order valence-corrected chi connectivity index (χ1v) is 5.17. The summed E-state index contributed by atoms with van der Waals surface area (Å²) in [7, 11) is 0. The zero-order valence-electron chi connectivity index (χ0n) is 7.64. The molecule has 74 valence electrons. The van der Waals surface area contributed by atoms with E-state index in [0.29, 0.717) is 12.3 Å². The predicted molar refractivity (Wildman–Crippen MR) is 51.4 cm³/mol. The number of ether oxygens (including phenoxy) is 1. The van der Waals surface area contributed by atoms with Crippen molar-refractivity contribution in [3.05, 3.63) is 11.7 Å². The normalized spacial score (nSPS) is 10.6. The number of hydrogen-bond acceptors (Lipinski definition) is 5. The molecule has 2 aromatic rings. The minimum atomic E-state index is -0.248. The highest BCUT2D eigenvalue weighted by molar-refractivity contribution is 7.14. The molecule has 0 bridgehead atoms. The van der Waals surface area contributed by atoms with Crippen LogP contribution >= 0.6 is 11.3 Å². The Bertz CT molecular complexity index is 448. The van der Waals surface area contributed by atoms with E-state index in [2.05, 4.69) is 10.1 Å². The third-order valence-electron chi connectivity index (χ3n) is 1.67. The minimum Gasteiger partial charge on any atom is -0.406 e. The maximum absolute atomic E-state index is 11.2. The predicted octanol–water partition coefficient (Wildman–Crippen LogP) is 1.50. The number of imidazole rings is 1. The van der Waals surface area contributed by atoms with E-state index >= 15 is 0 Å². The van der Waals surface area contributed by atoms with E-state index in [-0.39, 0.29) is 5.97 Å². The molecule has 2 rings (SSSR count). The lowest BCUT2D eigenvalue weighted by molar-refractivity contribution is -0.134. The maximum atomic E-state index is 11.2. The number of esters is 1. The van der Waals surface area contributed by atoms with Gasteiger partial charge in [0.15, 0.2) is 0 Å². The van der Waals surface area contributed by atoms with E-state index in [1.54, 1.807) is 5.51 Å². The van der Waals surface area contributed by atoms with Crippen molar-refractivity contribution in [3.8, 4) is 5.88 Å². The summed E-state index contributed by atoms with van der Waals surface area (Å²) in [4.78, 5) is 15.9. The largest absolute Gasteiger partial charge is 0.406 e. The average Bonchev–Trinajstić information content (AvgIpc) is 2.70. The van der Waals surface area contributed by atoms with Gasteiger partial charge in [0, 0.05) is 6.42 Å². The number of aromatic nitrogens is 3. The highest BCUT2D eigenvalue weighted by atomic mass is 32.1. The number of nitrogens with zero attached hydrogens (tertiary/aromatic N) is 3. The van der Waals surface area contributed by atoms with Crippen molar-refractivity contribution in [2.45, 2.75) is 19.8 Å². The van der Waals surface area contributed by atoms with Crippen molar-refractivity contribution in [2.24, 2.45) is 0 Å². The Balaban J connectivity index is 2.18. The van der Waals surface area contributed by atoms with Gasteiger partial charge in [0.05, 0.1) is 6.20 Å². The van der Waals surface area contributed by atoms with Crippen molar-refractivity contribution in [1.82, 2.24) is 14.6 Å². The highest BCUT2D eigenvalue weighted by Crippen LogP contribution is 2.16. The van der Waals surface area contributed by atoms with Gasteiger partial charge in [-0.1, -0.05) is 18.3 Å². The molecule has 0 aliphatic carbocycles. The van der Waals surface area contributed by atoms with Gasteiger partial charge in [-0.15, -0.1) is 0 Å². The van der Waals surface area contributed by atoms with Crippen LogP contribution in [0.1, 0.15) is 19.8 Å². The summed E-state index contributed by atoms with van der Waals surface area (Å²) < 4.78 is 6.58. The number of fused-ring (bicyclic) bond motifs is 1. The molecule has 6 heteroatoms. The van der Waals surface area contributed by atoms with Crippen molar-refractivity contribution in [3.63, 3.8) is 0 Å². The molecule has 0 aromatic carbocycles. The summed E-state index contributed by atoms with van der Waals surface area (Å²) in [5, 5.41) is 3.99. The zero-order chi connectivity index (χ0) is 9.97. The van der Waals surface area contributed by atoms with Gasteiger partial charge < -0.3 is 4.74 Å². The molecular formula is C8H9N3O2S. The zero-order valence-corrected chi connectivity index (χ0v) is 8.45. The van der Waals surface area contributed by atoms with Crippen LogP contribution in [0.5, 0.6) is 5.88 Å². The van der Waals surface area contributed by atoms with E-state index in [0.717, 1.165) is 11.4 Å². The van der Waals surface area contributed by atoms with Gasteiger partial charge >= 0.3 is 5.97 Å². The molecule has 14 heavy (non-hydrogen) atoms. The second kappa shape index (κ2) is 3.75. The third kappa shape index (κ3) is 1.60. The molecule has 0 fully saturated rings. The average molecular weight is 211 g/mol. The molecule has 0 spiro atoms. The van der Waals surface area contributed by atoms with Crippen LogP contribution in [0.2, 0.25) is 0 Å². The van der Waals surface area contributed by atoms with Crippen LogP contribution in [0.3, 0.4) is 0 Å². The van der Waals surface area contributed by atoms with Crippen molar-refractivity contribution < 1.29 is 9.53 Å². The van der Waals surface area contributed by atoms with Gasteiger partial charge in [-0.2, -0.15) is 9.61 Å². The highest BCUT2D eigenvalue weighted by Gasteiger charge is 2.10. The lowest BCUT2D eigenvalue weighted by Gasteiger charge is -1.98. The number of carbonyl (C=O) groups is 1. The van der Waals surface area contributed by atoms with Crippen molar-refractivity contribution in [2.75, 3.05) is 0 Å². The van der Waals surface area contributed by atoms with Gasteiger partial charge in [-0.25, -0.2) is 4.98 Å². The van der Waals surface area contributed by atoms with E-state index < -0.39 is 0 Å². The fourth-order valence-corrected chi connectivity index (χ4v) is 1.65. The van der Waals surface area contributed by atoms with E-state index in [1.807, 2.05) is 6.92 Å². The van der Waals surface area contributed by atoms with Gasteiger partial charge in [-0.3, -0.25) is 4.79 Å². The first-order chi connectivity index (χ1) is 6.81. The quantitative estimate of drug-likeness (QED) is 0.722. The van der Waals surface area contributed by atoms with Crippen LogP contribution < -0.4 is 4.74 Å². The Morgan fingerprint density at radius 2 is 2.57 bits per heavy atom. The Morgan fingerprint density at radius 1 is 1.71 bits per heavy atom. The van der Waals surface area contributed by atoms with Crippen LogP contribution in [0.15, 0.2) is 11.7 Å². The van der Waals surface area contributed by atoms with Crippen LogP contribution in [-0.4, -0.2) is 20.6 Å². The van der Waals surface area contributed by atoms with E-state index in [9.17, 15) is 4.79 Å². The Kier molecular flexibility index (Phi) is 2.45. The summed E-state index contributed by atoms with van der Waals surface area (Å²) in [6.45, 7) is 1.93. The van der Waals surface area contributed by atoms with E-state index in [4.69, 9.17) is 4.74 Å². The minimum absolute atomic E-state index is 0.248. The molecule has 0 atom stereocenters. The lowest BCUT2D eigenvalue weighted by Crippen LogP contribution is -2.08. The second-order valence-electron chi connectivity index (χ2n) is 2.75. The molecule has 0 aliphatic rings. The summed E-state index contributed by atoms with van der Waals surface area (Å²) >= 11 is 1.40. The van der Waals surface area contributed by atoms with Gasteiger partial charge in [-0.05, 0) is 6.42 Å². The first-order valence-electron chi connectivity index (χ1n) is 4.29. The molecule has 0 saturated carbocycles. The number of rotatable bonds is 3.